The fraction of sp³-hybridized carbons (Fsp3) is 0.111. The Labute approximate surface area is 196 Å². The topological polar surface area (TPSA) is 30.7 Å². The second kappa shape index (κ2) is 7.47. The molecule has 0 radical (unpaired) electrons. The van der Waals surface area contributed by atoms with Crippen LogP contribution in [0.4, 0.5) is 0 Å². The summed E-state index contributed by atoms with van der Waals surface area (Å²) in [6, 6.07) is 24.4. The standard InChI is InChI=1S/C27H19Cl2N3/c1-16-24-25(18-6-9-19(28)10-7-18)26-22-5-3-2-4-17(22)8-15-23(26)30-27(24)32(31-16)21-13-11-20(29)12-14-21/h2-7,9-14H,8,15H2,1H3. The molecule has 0 N–H and O–H groups in total. The molecule has 5 aromatic rings. The van der Waals surface area contributed by atoms with E-state index < -0.39 is 0 Å². The Bertz CT molecular complexity index is 1480. The normalized spacial score (nSPS) is 12.6. The van der Waals surface area contributed by atoms with E-state index in [4.69, 9.17) is 33.3 Å². The number of hydrogen-bond donors (Lipinski definition) is 0. The molecule has 156 valence electrons. The van der Waals surface area contributed by atoms with Crippen molar-refractivity contribution in [1.29, 1.82) is 0 Å². The molecule has 3 nitrogen and oxygen atoms in total. The molecule has 0 saturated carbocycles. The summed E-state index contributed by atoms with van der Waals surface area (Å²) in [5.74, 6) is 0. The third kappa shape index (κ3) is 3.04. The number of fused-ring (bicyclic) bond motifs is 4. The maximum absolute atomic E-state index is 6.23. The van der Waals surface area contributed by atoms with Crippen molar-refractivity contribution in [3.05, 3.63) is 99.8 Å². The second-order valence-electron chi connectivity index (χ2n) is 8.14. The molecule has 0 bridgehead atoms. The van der Waals surface area contributed by atoms with Crippen molar-refractivity contribution in [2.24, 2.45) is 0 Å². The number of benzene rings is 3. The lowest BCUT2D eigenvalue weighted by Crippen LogP contribution is -2.09. The van der Waals surface area contributed by atoms with Gasteiger partial charge in [-0.2, -0.15) is 5.10 Å². The van der Waals surface area contributed by atoms with E-state index in [9.17, 15) is 0 Å². The summed E-state index contributed by atoms with van der Waals surface area (Å²) in [7, 11) is 0. The smallest absolute Gasteiger partial charge is 0.164 e. The number of rotatable bonds is 2. The molecule has 0 saturated heterocycles. The Hall–Kier alpha value is -3.14. The lowest BCUT2D eigenvalue weighted by molar-refractivity contribution is 0.859. The Kier molecular flexibility index (Phi) is 4.56. The highest BCUT2D eigenvalue weighted by molar-refractivity contribution is 6.31. The van der Waals surface area contributed by atoms with Gasteiger partial charge in [0, 0.05) is 21.2 Å². The first-order valence-electron chi connectivity index (χ1n) is 10.6. The van der Waals surface area contributed by atoms with Crippen LogP contribution in [-0.2, 0) is 12.8 Å². The second-order valence-corrected chi connectivity index (χ2v) is 9.02. The van der Waals surface area contributed by atoms with E-state index in [0.29, 0.717) is 5.02 Å². The molecule has 1 aliphatic rings. The highest BCUT2D eigenvalue weighted by Crippen LogP contribution is 2.44. The first-order valence-corrected chi connectivity index (χ1v) is 11.4. The fourth-order valence-electron chi connectivity index (χ4n) is 4.74. The zero-order valence-corrected chi connectivity index (χ0v) is 19.0. The third-order valence-corrected chi connectivity index (χ3v) is 6.69. The van der Waals surface area contributed by atoms with Gasteiger partial charge in [0.25, 0.3) is 0 Å². The van der Waals surface area contributed by atoms with Crippen molar-refractivity contribution >= 4 is 34.2 Å². The first kappa shape index (κ1) is 19.5. The van der Waals surface area contributed by atoms with Crippen LogP contribution in [0.2, 0.25) is 10.0 Å². The lowest BCUT2D eigenvalue weighted by Gasteiger charge is -2.23. The minimum Gasteiger partial charge on any atom is -0.232 e. The third-order valence-electron chi connectivity index (χ3n) is 6.19. The average Bonchev–Trinajstić information content (AvgIpc) is 3.14. The number of pyridine rings is 1. The van der Waals surface area contributed by atoms with Crippen LogP contribution in [0.15, 0.2) is 72.8 Å². The molecule has 0 atom stereocenters. The maximum atomic E-state index is 6.23. The van der Waals surface area contributed by atoms with Crippen LogP contribution in [0.5, 0.6) is 0 Å². The Balaban J connectivity index is 1.74. The van der Waals surface area contributed by atoms with Gasteiger partial charge in [-0.25, -0.2) is 9.67 Å². The molecule has 2 aromatic heterocycles. The van der Waals surface area contributed by atoms with Gasteiger partial charge in [-0.15, -0.1) is 0 Å². The van der Waals surface area contributed by atoms with Gasteiger partial charge in [0.15, 0.2) is 5.65 Å². The van der Waals surface area contributed by atoms with Gasteiger partial charge in [-0.05, 0) is 72.9 Å². The van der Waals surface area contributed by atoms with Crippen molar-refractivity contribution in [1.82, 2.24) is 14.8 Å². The predicted molar refractivity (Wildman–Crippen MR) is 132 cm³/mol. The highest BCUT2D eigenvalue weighted by atomic mass is 35.5. The lowest BCUT2D eigenvalue weighted by atomic mass is 9.83. The average molecular weight is 456 g/mol. The van der Waals surface area contributed by atoms with Crippen molar-refractivity contribution in [2.75, 3.05) is 0 Å². The quantitative estimate of drug-likeness (QED) is 0.276. The molecule has 5 heteroatoms. The monoisotopic (exact) mass is 455 g/mol. The summed E-state index contributed by atoms with van der Waals surface area (Å²) in [6.45, 7) is 2.05. The van der Waals surface area contributed by atoms with Gasteiger partial charge >= 0.3 is 0 Å². The van der Waals surface area contributed by atoms with Crippen LogP contribution in [0.3, 0.4) is 0 Å². The number of aromatic nitrogens is 3. The molecular formula is C27H19Cl2N3. The van der Waals surface area contributed by atoms with E-state index >= 15 is 0 Å². The highest BCUT2D eigenvalue weighted by Gasteiger charge is 2.26. The van der Waals surface area contributed by atoms with Gasteiger partial charge in [0.2, 0.25) is 0 Å². The van der Waals surface area contributed by atoms with E-state index in [1.54, 1.807) is 0 Å². The van der Waals surface area contributed by atoms with E-state index in [1.807, 2.05) is 41.1 Å². The van der Waals surface area contributed by atoms with Gasteiger partial charge in [-0.3, -0.25) is 0 Å². The molecule has 32 heavy (non-hydrogen) atoms. The largest absolute Gasteiger partial charge is 0.232 e. The van der Waals surface area contributed by atoms with Crippen LogP contribution in [-0.4, -0.2) is 14.8 Å². The van der Waals surface area contributed by atoms with Crippen LogP contribution >= 0.6 is 23.2 Å². The summed E-state index contributed by atoms with van der Waals surface area (Å²) in [6.07, 6.45) is 1.88. The van der Waals surface area contributed by atoms with E-state index in [1.165, 1.54) is 22.3 Å². The first-order chi connectivity index (χ1) is 15.6. The molecule has 0 spiro atoms. The fourth-order valence-corrected chi connectivity index (χ4v) is 4.99. The zero-order chi connectivity index (χ0) is 21.8. The van der Waals surface area contributed by atoms with Crippen LogP contribution in [0.1, 0.15) is 17.0 Å². The van der Waals surface area contributed by atoms with Gasteiger partial charge < -0.3 is 0 Å². The SMILES string of the molecule is Cc1nn(-c2ccc(Cl)cc2)c2nc3c(c(-c4ccc(Cl)cc4)c12)-c1ccccc1CC3. The van der Waals surface area contributed by atoms with Crippen molar-refractivity contribution in [2.45, 2.75) is 19.8 Å². The summed E-state index contributed by atoms with van der Waals surface area (Å²) < 4.78 is 1.93. The number of nitrogens with zero attached hydrogens (tertiary/aromatic N) is 3. The zero-order valence-electron chi connectivity index (χ0n) is 17.4. The molecule has 2 heterocycles. The van der Waals surface area contributed by atoms with Crippen molar-refractivity contribution < 1.29 is 0 Å². The maximum Gasteiger partial charge on any atom is 0.164 e. The van der Waals surface area contributed by atoms with Crippen LogP contribution in [0.25, 0.3) is 39.0 Å². The summed E-state index contributed by atoms with van der Waals surface area (Å²) in [5.41, 5.74) is 9.98. The Morgan fingerprint density at radius 3 is 2.22 bits per heavy atom. The summed E-state index contributed by atoms with van der Waals surface area (Å²) >= 11 is 12.4. The molecule has 0 aliphatic heterocycles. The molecular weight excluding hydrogens is 437 g/mol. The molecule has 0 unspecified atom stereocenters. The van der Waals surface area contributed by atoms with Crippen molar-refractivity contribution in [3.63, 3.8) is 0 Å². The van der Waals surface area contributed by atoms with Gasteiger partial charge in [0.1, 0.15) is 0 Å². The summed E-state index contributed by atoms with van der Waals surface area (Å²) in [4.78, 5) is 5.18. The van der Waals surface area contributed by atoms with Gasteiger partial charge in [-0.1, -0.05) is 59.6 Å². The summed E-state index contributed by atoms with van der Waals surface area (Å²) in [5, 5.41) is 7.40. The van der Waals surface area contributed by atoms with E-state index in [0.717, 1.165) is 51.5 Å². The molecule has 6 rings (SSSR count). The van der Waals surface area contributed by atoms with Gasteiger partial charge in [0.05, 0.1) is 22.5 Å². The van der Waals surface area contributed by atoms with Crippen LogP contribution in [0, 0.1) is 6.92 Å². The predicted octanol–water partition coefficient (Wildman–Crippen LogP) is 7.47. The number of hydrogen-bond acceptors (Lipinski definition) is 2. The number of halogens is 2. The van der Waals surface area contributed by atoms with E-state index in [2.05, 4.69) is 43.3 Å². The Morgan fingerprint density at radius 2 is 1.47 bits per heavy atom. The minimum atomic E-state index is 0.700. The molecule has 3 aromatic carbocycles. The Morgan fingerprint density at radius 1 is 0.781 bits per heavy atom. The number of aryl methyl sites for hydroxylation is 3. The van der Waals surface area contributed by atoms with Crippen LogP contribution < -0.4 is 0 Å². The van der Waals surface area contributed by atoms with Crippen molar-refractivity contribution in [3.8, 4) is 27.9 Å². The minimum absolute atomic E-state index is 0.700. The molecule has 1 aliphatic carbocycles. The van der Waals surface area contributed by atoms with E-state index in [-0.39, 0.29) is 0 Å². The molecule has 0 amide bonds. The molecule has 0 fully saturated rings.